The predicted octanol–water partition coefficient (Wildman–Crippen LogP) is 4.01. The van der Waals surface area contributed by atoms with Gasteiger partial charge in [-0.3, -0.25) is 9.59 Å². The summed E-state index contributed by atoms with van der Waals surface area (Å²) in [6, 6.07) is 13.8. The summed E-state index contributed by atoms with van der Waals surface area (Å²) in [5.41, 5.74) is 2.72. The smallest absolute Gasteiger partial charge is 0.242 e. The molecule has 1 aliphatic carbocycles. The van der Waals surface area contributed by atoms with Gasteiger partial charge in [0.05, 0.1) is 12.8 Å². The fraction of sp³-hybridized carbons (Fsp3) is 0.429. The number of rotatable bonds is 12. The average molecular weight is 530 g/mol. The van der Waals surface area contributed by atoms with Crippen molar-refractivity contribution in [3.8, 4) is 0 Å². The van der Waals surface area contributed by atoms with Gasteiger partial charge in [0.25, 0.3) is 0 Å². The molecule has 9 heteroatoms. The summed E-state index contributed by atoms with van der Waals surface area (Å²) in [6.07, 6.45) is 8.53. The molecular weight excluding hydrogens is 493 g/mol. The molecule has 1 unspecified atom stereocenters. The van der Waals surface area contributed by atoms with Crippen molar-refractivity contribution in [2.45, 2.75) is 58.2 Å². The van der Waals surface area contributed by atoms with Crippen LogP contribution in [0.25, 0.3) is 0 Å². The van der Waals surface area contributed by atoms with Gasteiger partial charge in [0.1, 0.15) is 11.9 Å². The van der Waals surface area contributed by atoms with E-state index in [-0.39, 0.29) is 19.0 Å². The third-order valence-corrected chi connectivity index (χ3v) is 7.74. The standard InChI is InChI=1S/C28H36FN3O4S/c1-22(28(34)30-18-17-23-9-5-3-6-10-23)32(20-25-13-15-26(29)16-14-25)27(33)21-31(37(2,35)36)19-24-11-7-4-8-12-24/h4,7-9,11-16,22H,3,5-6,10,17-21H2,1-2H3,(H,30,34). The van der Waals surface area contributed by atoms with E-state index < -0.39 is 34.3 Å². The molecule has 0 bridgehead atoms. The topological polar surface area (TPSA) is 86.8 Å². The maximum atomic E-state index is 13.5. The number of benzene rings is 2. The molecule has 0 radical (unpaired) electrons. The van der Waals surface area contributed by atoms with Crippen molar-refractivity contribution < 1.29 is 22.4 Å². The number of hydrogen-bond donors (Lipinski definition) is 1. The van der Waals surface area contributed by atoms with E-state index >= 15 is 0 Å². The lowest BCUT2D eigenvalue weighted by molar-refractivity contribution is -0.140. The molecule has 200 valence electrons. The van der Waals surface area contributed by atoms with Gasteiger partial charge < -0.3 is 10.2 Å². The molecule has 0 spiro atoms. The normalized spacial score (nSPS) is 14.6. The number of hydrogen-bond acceptors (Lipinski definition) is 4. The molecule has 1 aliphatic rings. The summed E-state index contributed by atoms with van der Waals surface area (Å²) in [5, 5.41) is 2.92. The number of halogens is 1. The molecule has 0 aliphatic heterocycles. The molecule has 0 fully saturated rings. The van der Waals surface area contributed by atoms with Gasteiger partial charge >= 0.3 is 0 Å². The zero-order valence-corrected chi connectivity index (χ0v) is 22.3. The molecule has 1 atom stereocenters. The first-order chi connectivity index (χ1) is 17.6. The van der Waals surface area contributed by atoms with Crippen LogP contribution in [0.4, 0.5) is 4.39 Å². The molecule has 2 aromatic rings. The van der Waals surface area contributed by atoms with E-state index in [0.717, 1.165) is 41.8 Å². The third kappa shape index (κ3) is 9.09. The molecule has 0 saturated carbocycles. The van der Waals surface area contributed by atoms with Gasteiger partial charge in [0, 0.05) is 19.6 Å². The van der Waals surface area contributed by atoms with Crippen LogP contribution in [0.15, 0.2) is 66.2 Å². The number of nitrogens with zero attached hydrogens (tertiary/aromatic N) is 2. The largest absolute Gasteiger partial charge is 0.354 e. The van der Waals surface area contributed by atoms with Gasteiger partial charge in [-0.25, -0.2) is 12.8 Å². The Bertz CT molecular complexity index is 1180. The van der Waals surface area contributed by atoms with E-state index in [1.165, 1.54) is 29.0 Å². The zero-order chi connectivity index (χ0) is 26.8. The Balaban J connectivity index is 1.74. The van der Waals surface area contributed by atoms with Gasteiger partial charge in [-0.15, -0.1) is 0 Å². The molecule has 2 amide bonds. The van der Waals surface area contributed by atoms with E-state index in [1.807, 2.05) is 6.07 Å². The Labute approximate surface area is 219 Å². The first-order valence-corrected chi connectivity index (χ1v) is 14.5. The summed E-state index contributed by atoms with van der Waals surface area (Å²) < 4.78 is 39.6. The molecule has 1 N–H and O–H groups in total. The van der Waals surface area contributed by atoms with Gasteiger partial charge in [-0.1, -0.05) is 54.1 Å². The second-order valence-corrected chi connectivity index (χ2v) is 11.5. The highest BCUT2D eigenvalue weighted by Gasteiger charge is 2.30. The van der Waals surface area contributed by atoms with Crippen molar-refractivity contribution >= 4 is 21.8 Å². The van der Waals surface area contributed by atoms with Crippen molar-refractivity contribution in [3.05, 3.63) is 83.2 Å². The highest BCUT2D eigenvalue weighted by Crippen LogP contribution is 2.19. The Morgan fingerprint density at radius 2 is 1.68 bits per heavy atom. The minimum absolute atomic E-state index is 0.0332. The van der Waals surface area contributed by atoms with Crippen LogP contribution in [0.3, 0.4) is 0 Å². The van der Waals surface area contributed by atoms with Crippen LogP contribution in [0.1, 0.15) is 50.2 Å². The number of carbonyl (C=O) groups is 2. The monoisotopic (exact) mass is 529 g/mol. The maximum absolute atomic E-state index is 13.5. The summed E-state index contributed by atoms with van der Waals surface area (Å²) in [4.78, 5) is 27.9. The summed E-state index contributed by atoms with van der Waals surface area (Å²) in [7, 11) is -3.71. The summed E-state index contributed by atoms with van der Waals surface area (Å²) in [6.45, 7) is 1.75. The Morgan fingerprint density at radius 1 is 1.00 bits per heavy atom. The van der Waals surface area contributed by atoms with Crippen LogP contribution in [-0.2, 0) is 32.7 Å². The molecular formula is C28H36FN3O4S. The second kappa shape index (κ2) is 13.5. The van der Waals surface area contributed by atoms with Crippen LogP contribution < -0.4 is 5.32 Å². The van der Waals surface area contributed by atoms with Gasteiger partial charge in [0.2, 0.25) is 21.8 Å². The molecule has 0 saturated heterocycles. The first kappa shape index (κ1) is 28.5. The number of sulfonamides is 1. The van der Waals surface area contributed by atoms with Crippen LogP contribution in [-0.4, -0.2) is 54.8 Å². The van der Waals surface area contributed by atoms with Gasteiger partial charge in [-0.2, -0.15) is 4.31 Å². The van der Waals surface area contributed by atoms with Crippen molar-refractivity contribution in [1.29, 1.82) is 0 Å². The minimum atomic E-state index is -3.71. The van der Waals surface area contributed by atoms with Crippen LogP contribution in [0.2, 0.25) is 0 Å². The second-order valence-electron chi connectivity index (χ2n) is 9.49. The molecule has 3 rings (SSSR count). The average Bonchev–Trinajstić information content (AvgIpc) is 2.88. The Kier molecular flexibility index (Phi) is 10.4. The van der Waals surface area contributed by atoms with Gasteiger partial charge in [0.15, 0.2) is 0 Å². The predicted molar refractivity (Wildman–Crippen MR) is 142 cm³/mol. The third-order valence-electron chi connectivity index (χ3n) is 6.55. The van der Waals surface area contributed by atoms with Crippen molar-refractivity contribution in [1.82, 2.24) is 14.5 Å². The zero-order valence-electron chi connectivity index (χ0n) is 21.5. The van der Waals surface area contributed by atoms with E-state index in [4.69, 9.17) is 0 Å². The van der Waals surface area contributed by atoms with Crippen LogP contribution in [0, 0.1) is 5.82 Å². The van der Waals surface area contributed by atoms with Crippen molar-refractivity contribution in [2.24, 2.45) is 0 Å². The summed E-state index contributed by atoms with van der Waals surface area (Å²) >= 11 is 0. The number of amides is 2. The highest BCUT2D eigenvalue weighted by molar-refractivity contribution is 7.88. The molecule has 37 heavy (non-hydrogen) atoms. The molecule has 7 nitrogen and oxygen atoms in total. The number of nitrogens with one attached hydrogen (secondary N) is 1. The van der Waals surface area contributed by atoms with E-state index in [9.17, 15) is 22.4 Å². The minimum Gasteiger partial charge on any atom is -0.354 e. The lowest BCUT2D eigenvalue weighted by atomic mass is 9.97. The van der Waals surface area contributed by atoms with Gasteiger partial charge in [-0.05, 0) is 62.3 Å². The van der Waals surface area contributed by atoms with E-state index in [2.05, 4.69) is 11.4 Å². The lowest BCUT2D eigenvalue weighted by Crippen LogP contribution is -2.51. The fourth-order valence-corrected chi connectivity index (χ4v) is 5.04. The van der Waals surface area contributed by atoms with Crippen molar-refractivity contribution in [3.63, 3.8) is 0 Å². The van der Waals surface area contributed by atoms with E-state index in [0.29, 0.717) is 12.1 Å². The number of carbonyl (C=O) groups excluding carboxylic acids is 2. The first-order valence-electron chi connectivity index (χ1n) is 12.6. The molecule has 0 heterocycles. The number of allylic oxidation sites excluding steroid dienone is 1. The lowest BCUT2D eigenvalue weighted by Gasteiger charge is -2.31. The molecule has 0 aromatic heterocycles. The Morgan fingerprint density at radius 3 is 2.30 bits per heavy atom. The van der Waals surface area contributed by atoms with Crippen LogP contribution in [0.5, 0.6) is 0 Å². The van der Waals surface area contributed by atoms with Crippen molar-refractivity contribution in [2.75, 3.05) is 19.3 Å². The fourth-order valence-electron chi connectivity index (χ4n) is 4.31. The maximum Gasteiger partial charge on any atom is 0.242 e. The SMILES string of the molecule is CC(C(=O)NCCC1=CCCCC1)N(Cc1ccc(F)cc1)C(=O)CN(Cc1ccccc1)S(C)(=O)=O. The molecule has 2 aromatic carbocycles. The summed E-state index contributed by atoms with van der Waals surface area (Å²) in [5.74, 6) is -1.24. The quantitative estimate of drug-likeness (QED) is 0.421. The Hall–Kier alpha value is -3.04. The highest BCUT2D eigenvalue weighted by atomic mass is 32.2. The van der Waals surface area contributed by atoms with E-state index in [1.54, 1.807) is 43.3 Å². The van der Waals surface area contributed by atoms with Crippen LogP contribution >= 0.6 is 0 Å².